The molecule has 0 saturated carbocycles. The van der Waals surface area contributed by atoms with E-state index in [1.54, 1.807) is 6.08 Å². The number of hydrogen-bond donors (Lipinski definition) is 0. The Morgan fingerprint density at radius 3 is 0.985 bits per heavy atom. The largest absolute Gasteiger partial charge is 0.462 e. The van der Waals surface area contributed by atoms with Crippen LogP contribution in [0.15, 0.2) is 134 Å². The Morgan fingerprint density at radius 1 is 0.328 bits per heavy atom. The van der Waals surface area contributed by atoms with Gasteiger partial charge in [-0.15, -0.1) is 0 Å². The molecule has 0 aromatic heterocycles. The molecule has 1 unspecified atom stereocenters. The minimum Gasteiger partial charge on any atom is -0.462 e. The third kappa shape index (κ3) is 52.4. The van der Waals surface area contributed by atoms with E-state index < -0.39 is 12.1 Å². The van der Waals surface area contributed by atoms with Crippen LogP contribution < -0.4 is 0 Å². The van der Waals surface area contributed by atoms with Crippen molar-refractivity contribution in [1.82, 2.24) is 0 Å². The van der Waals surface area contributed by atoms with Crippen molar-refractivity contribution >= 4 is 17.9 Å². The van der Waals surface area contributed by atoms with Gasteiger partial charge in [0.25, 0.3) is 0 Å². The first-order valence-corrected chi connectivity index (χ1v) is 26.7. The Morgan fingerprint density at radius 2 is 0.627 bits per heavy atom. The third-order valence-corrected chi connectivity index (χ3v) is 10.7. The van der Waals surface area contributed by atoms with E-state index in [0.29, 0.717) is 19.3 Å². The van der Waals surface area contributed by atoms with Crippen molar-refractivity contribution in [1.29, 1.82) is 0 Å². The zero-order valence-electron chi connectivity index (χ0n) is 42.9. The summed E-state index contributed by atoms with van der Waals surface area (Å²) in [6, 6.07) is 0. The zero-order valence-corrected chi connectivity index (χ0v) is 42.9. The molecule has 0 aliphatic heterocycles. The molecule has 0 spiro atoms. The highest BCUT2D eigenvalue weighted by Gasteiger charge is 2.19. The zero-order chi connectivity index (χ0) is 48.6. The van der Waals surface area contributed by atoms with Crippen LogP contribution in [-0.4, -0.2) is 37.2 Å². The molecule has 0 aromatic rings. The van der Waals surface area contributed by atoms with Crippen molar-refractivity contribution in [3.8, 4) is 0 Å². The minimum absolute atomic E-state index is 0.0846. The van der Waals surface area contributed by atoms with E-state index in [1.165, 1.54) is 38.5 Å². The van der Waals surface area contributed by atoms with E-state index in [4.69, 9.17) is 14.2 Å². The van der Waals surface area contributed by atoms with Crippen LogP contribution in [0.3, 0.4) is 0 Å². The van der Waals surface area contributed by atoms with Crippen molar-refractivity contribution in [2.75, 3.05) is 13.2 Å². The first kappa shape index (κ1) is 62.5. The molecule has 0 saturated heterocycles. The van der Waals surface area contributed by atoms with Crippen LogP contribution in [0, 0.1) is 0 Å². The van der Waals surface area contributed by atoms with E-state index in [-0.39, 0.29) is 31.6 Å². The van der Waals surface area contributed by atoms with Gasteiger partial charge in [0, 0.05) is 12.8 Å². The van der Waals surface area contributed by atoms with E-state index >= 15 is 0 Å². The van der Waals surface area contributed by atoms with Crippen LogP contribution in [0.1, 0.15) is 213 Å². The van der Waals surface area contributed by atoms with Gasteiger partial charge in [-0.3, -0.25) is 14.4 Å². The van der Waals surface area contributed by atoms with Crippen molar-refractivity contribution in [3.63, 3.8) is 0 Å². The van der Waals surface area contributed by atoms with Gasteiger partial charge in [0.2, 0.25) is 0 Å². The lowest BCUT2D eigenvalue weighted by atomic mass is 10.1. The average Bonchev–Trinajstić information content (AvgIpc) is 3.33. The summed E-state index contributed by atoms with van der Waals surface area (Å²) in [4.78, 5) is 38.0. The Balaban J connectivity index is 4.56. The summed E-state index contributed by atoms with van der Waals surface area (Å²) in [5.41, 5.74) is 0. The first-order valence-electron chi connectivity index (χ1n) is 26.7. The molecule has 6 heteroatoms. The molecular formula is C61H96O6. The van der Waals surface area contributed by atoms with Crippen molar-refractivity contribution in [2.24, 2.45) is 0 Å². The summed E-state index contributed by atoms with van der Waals surface area (Å²) >= 11 is 0. The number of carbonyl (C=O) groups excluding carboxylic acids is 3. The summed E-state index contributed by atoms with van der Waals surface area (Å²) in [6.07, 6.45) is 76.0. The average molecular weight is 925 g/mol. The van der Waals surface area contributed by atoms with Gasteiger partial charge in [0.1, 0.15) is 13.2 Å². The van der Waals surface area contributed by atoms with Crippen molar-refractivity contribution in [3.05, 3.63) is 134 Å². The third-order valence-electron chi connectivity index (χ3n) is 10.7. The molecule has 0 heterocycles. The second kappa shape index (κ2) is 54.2. The predicted octanol–water partition coefficient (Wildman–Crippen LogP) is 17.9. The van der Waals surface area contributed by atoms with Crippen LogP contribution in [0.4, 0.5) is 0 Å². The lowest BCUT2D eigenvalue weighted by Crippen LogP contribution is -2.30. The standard InChI is InChI=1S/C61H96O6/c1-4-7-10-13-16-19-22-25-28-29-30-31-34-36-39-42-45-48-51-54-60(63)66-57-58(67-61(64)55-52-49-46-43-40-37-33-27-24-21-18-15-12-9-6-3)56-65-59(62)53-50-47-44-41-38-35-32-26-23-20-17-14-11-8-5-2/h7,9-10,12,16-21,25-28,30-33,40,43,49,52,58H,4-6,8,11,13-15,22-24,29,34-39,41-42,44-48,50-51,53-57H2,1-3H3/b10-7-,12-9-,19-16-,20-17-,21-18-,28-25-,31-30-,32-26-,33-27-,43-40-,52-49-. The van der Waals surface area contributed by atoms with Gasteiger partial charge in [0.15, 0.2) is 6.10 Å². The molecule has 6 nitrogen and oxygen atoms in total. The van der Waals surface area contributed by atoms with Crippen LogP contribution in [0.25, 0.3) is 0 Å². The number of allylic oxidation sites excluding steroid dienone is 21. The number of carbonyl (C=O) groups is 3. The molecule has 0 N–H and O–H groups in total. The van der Waals surface area contributed by atoms with Crippen molar-refractivity contribution in [2.45, 2.75) is 219 Å². The topological polar surface area (TPSA) is 78.9 Å². The smallest absolute Gasteiger partial charge is 0.310 e. The van der Waals surface area contributed by atoms with Gasteiger partial charge in [-0.25, -0.2) is 0 Å². The van der Waals surface area contributed by atoms with Crippen LogP contribution >= 0.6 is 0 Å². The maximum absolute atomic E-state index is 12.8. The van der Waals surface area contributed by atoms with Crippen molar-refractivity contribution < 1.29 is 28.6 Å². The monoisotopic (exact) mass is 925 g/mol. The first-order chi connectivity index (χ1) is 33.0. The second-order valence-electron chi connectivity index (χ2n) is 17.0. The number of unbranched alkanes of at least 4 members (excludes halogenated alkanes) is 14. The van der Waals surface area contributed by atoms with Gasteiger partial charge >= 0.3 is 17.9 Å². The van der Waals surface area contributed by atoms with Crippen LogP contribution in [0.2, 0.25) is 0 Å². The lowest BCUT2D eigenvalue weighted by Gasteiger charge is -2.18. The SMILES string of the molecule is CC/C=C\C/C=C\C/C=C\C/C=C\C/C=C\CC(=O)OC(COC(=O)CCCCCCC/C=C\C/C=C\CCCCC)COC(=O)CCCCCCCC/C=C\C/C=C\C/C=C\C/C=C\CC. The van der Waals surface area contributed by atoms with Crippen LogP contribution in [-0.2, 0) is 28.6 Å². The van der Waals surface area contributed by atoms with Gasteiger partial charge < -0.3 is 14.2 Å². The minimum atomic E-state index is -0.849. The molecule has 0 aliphatic rings. The number of rotatable bonds is 46. The lowest BCUT2D eigenvalue weighted by molar-refractivity contribution is -0.166. The van der Waals surface area contributed by atoms with Gasteiger partial charge in [-0.1, -0.05) is 212 Å². The quantitative estimate of drug-likeness (QED) is 0.0262. The highest BCUT2D eigenvalue weighted by Crippen LogP contribution is 2.12. The molecule has 0 aliphatic carbocycles. The fourth-order valence-electron chi connectivity index (χ4n) is 6.71. The number of hydrogen-bond acceptors (Lipinski definition) is 6. The van der Waals surface area contributed by atoms with Crippen LogP contribution in [0.5, 0.6) is 0 Å². The fourth-order valence-corrected chi connectivity index (χ4v) is 6.71. The molecule has 67 heavy (non-hydrogen) atoms. The summed E-state index contributed by atoms with van der Waals surface area (Å²) < 4.78 is 16.7. The maximum atomic E-state index is 12.8. The molecule has 0 amide bonds. The molecule has 376 valence electrons. The predicted molar refractivity (Wildman–Crippen MR) is 288 cm³/mol. The van der Waals surface area contributed by atoms with Gasteiger partial charge in [-0.05, 0) is 116 Å². The number of ether oxygens (including phenoxy) is 3. The highest BCUT2D eigenvalue weighted by molar-refractivity contribution is 5.72. The van der Waals surface area contributed by atoms with Gasteiger partial charge in [-0.2, -0.15) is 0 Å². The Labute approximate surface area is 411 Å². The molecular weight excluding hydrogens is 829 g/mol. The Kier molecular flexibility index (Phi) is 50.6. The van der Waals surface area contributed by atoms with E-state index in [0.717, 1.165) is 128 Å². The highest BCUT2D eigenvalue weighted by atomic mass is 16.6. The molecule has 0 rings (SSSR count). The summed E-state index contributed by atoms with van der Waals surface area (Å²) in [7, 11) is 0. The molecule has 1 atom stereocenters. The summed E-state index contributed by atoms with van der Waals surface area (Å²) in [5, 5.41) is 0. The molecule has 0 radical (unpaired) electrons. The van der Waals surface area contributed by atoms with Gasteiger partial charge in [0.05, 0.1) is 6.42 Å². The summed E-state index contributed by atoms with van der Waals surface area (Å²) in [5.74, 6) is -1.10. The fraction of sp³-hybridized carbons (Fsp3) is 0.590. The molecule has 0 aromatic carbocycles. The van der Waals surface area contributed by atoms with E-state index in [1.807, 2.05) is 6.08 Å². The Hall–Kier alpha value is -4.45. The molecule has 0 fully saturated rings. The Bertz CT molecular complexity index is 1480. The van der Waals surface area contributed by atoms with E-state index in [9.17, 15) is 14.4 Å². The summed E-state index contributed by atoms with van der Waals surface area (Å²) in [6.45, 7) is 6.26. The second-order valence-corrected chi connectivity index (χ2v) is 17.0. The maximum Gasteiger partial charge on any atom is 0.310 e. The normalized spacial score (nSPS) is 13.2. The molecule has 0 bridgehead atoms. The van der Waals surface area contributed by atoms with E-state index in [2.05, 4.69) is 142 Å². The number of esters is 3.